The Hall–Kier alpha value is -1.80. The number of benzene rings is 2. The summed E-state index contributed by atoms with van der Waals surface area (Å²) in [7, 11) is 0. The molecule has 0 saturated heterocycles. The molecule has 0 bridgehead atoms. The van der Waals surface area contributed by atoms with E-state index in [4.69, 9.17) is 4.74 Å². The minimum absolute atomic E-state index is 0.633. The summed E-state index contributed by atoms with van der Waals surface area (Å²) in [4.78, 5) is 0. The van der Waals surface area contributed by atoms with Crippen LogP contribution in [0.1, 0.15) is 36.8 Å². The maximum absolute atomic E-state index is 5.81. The molecule has 0 spiro atoms. The van der Waals surface area contributed by atoms with Crippen LogP contribution in [0.4, 0.5) is 0 Å². The van der Waals surface area contributed by atoms with Crippen LogP contribution in [0.3, 0.4) is 0 Å². The number of quaternary nitrogens is 1. The van der Waals surface area contributed by atoms with Crippen LogP contribution in [-0.2, 0) is 13.2 Å². The van der Waals surface area contributed by atoms with Gasteiger partial charge in [0.1, 0.15) is 18.9 Å². The van der Waals surface area contributed by atoms with Gasteiger partial charge in [-0.2, -0.15) is 0 Å². The van der Waals surface area contributed by atoms with E-state index in [9.17, 15) is 0 Å². The van der Waals surface area contributed by atoms with E-state index >= 15 is 0 Å². The minimum Gasteiger partial charge on any atom is -0.489 e. The molecule has 110 valence electrons. The lowest BCUT2D eigenvalue weighted by atomic mass is 10.2. The first-order chi connectivity index (χ1) is 10.4. The maximum Gasteiger partial charge on any atom is 0.119 e. The van der Waals surface area contributed by atoms with Gasteiger partial charge in [-0.3, -0.25) is 0 Å². The number of rotatable bonds is 6. The van der Waals surface area contributed by atoms with E-state index < -0.39 is 0 Å². The normalized spacial score (nSPS) is 15.2. The third-order valence-electron chi connectivity index (χ3n) is 4.26. The summed E-state index contributed by atoms with van der Waals surface area (Å²) < 4.78 is 5.81. The first kappa shape index (κ1) is 14.2. The van der Waals surface area contributed by atoms with Gasteiger partial charge in [-0.15, -0.1) is 0 Å². The summed E-state index contributed by atoms with van der Waals surface area (Å²) in [6.07, 6.45) is 5.59. The molecule has 0 aliphatic heterocycles. The maximum atomic E-state index is 5.81. The molecule has 2 nitrogen and oxygen atoms in total. The van der Waals surface area contributed by atoms with Gasteiger partial charge in [-0.25, -0.2) is 0 Å². The molecule has 2 heteroatoms. The van der Waals surface area contributed by atoms with Crippen molar-refractivity contribution < 1.29 is 10.1 Å². The zero-order chi connectivity index (χ0) is 14.3. The Morgan fingerprint density at radius 3 is 2.29 bits per heavy atom. The Balaban J connectivity index is 1.47. The van der Waals surface area contributed by atoms with Crippen LogP contribution in [0.15, 0.2) is 54.6 Å². The van der Waals surface area contributed by atoms with E-state index in [-0.39, 0.29) is 0 Å². The van der Waals surface area contributed by atoms with E-state index in [1.807, 2.05) is 18.2 Å². The smallest absolute Gasteiger partial charge is 0.119 e. The standard InChI is InChI=1S/C19H23NO/c1-2-6-17(7-3-1)15-21-19-12-10-16(11-13-19)14-20-18-8-4-5-9-18/h1-3,6-7,10-13,18,20H,4-5,8-9,14-15H2/p+1. The lowest BCUT2D eigenvalue weighted by molar-refractivity contribution is -0.703. The van der Waals surface area contributed by atoms with E-state index in [2.05, 4.69) is 41.7 Å². The fourth-order valence-corrected chi connectivity index (χ4v) is 2.96. The van der Waals surface area contributed by atoms with Gasteiger partial charge in [-0.05, 0) is 55.5 Å². The van der Waals surface area contributed by atoms with Crippen molar-refractivity contribution in [2.24, 2.45) is 0 Å². The molecule has 0 atom stereocenters. The van der Waals surface area contributed by atoms with E-state index in [1.54, 1.807) is 0 Å². The Labute approximate surface area is 127 Å². The molecule has 1 aliphatic carbocycles. The number of hydrogen-bond acceptors (Lipinski definition) is 1. The molecule has 0 aromatic heterocycles. The molecule has 0 amide bonds. The van der Waals surface area contributed by atoms with Crippen LogP contribution >= 0.6 is 0 Å². The highest BCUT2D eigenvalue weighted by molar-refractivity contribution is 5.27. The summed E-state index contributed by atoms with van der Waals surface area (Å²) in [5.74, 6) is 0.948. The van der Waals surface area contributed by atoms with Gasteiger partial charge in [0.2, 0.25) is 0 Å². The monoisotopic (exact) mass is 282 g/mol. The summed E-state index contributed by atoms with van der Waals surface area (Å²) in [6, 6.07) is 19.7. The topological polar surface area (TPSA) is 25.8 Å². The summed E-state index contributed by atoms with van der Waals surface area (Å²) >= 11 is 0. The molecular formula is C19H24NO+. The average molecular weight is 282 g/mol. The fraction of sp³-hybridized carbons (Fsp3) is 0.368. The molecular weight excluding hydrogens is 258 g/mol. The highest BCUT2D eigenvalue weighted by Crippen LogP contribution is 2.16. The third-order valence-corrected chi connectivity index (χ3v) is 4.26. The van der Waals surface area contributed by atoms with E-state index in [1.165, 1.54) is 36.8 Å². The van der Waals surface area contributed by atoms with Crippen molar-refractivity contribution >= 4 is 0 Å². The lowest BCUT2D eigenvalue weighted by Crippen LogP contribution is -2.87. The van der Waals surface area contributed by atoms with Crippen LogP contribution in [0.25, 0.3) is 0 Å². The van der Waals surface area contributed by atoms with Crippen molar-refractivity contribution in [1.29, 1.82) is 0 Å². The van der Waals surface area contributed by atoms with Gasteiger partial charge in [0.15, 0.2) is 0 Å². The number of ether oxygens (including phenoxy) is 1. The molecule has 1 fully saturated rings. The number of nitrogens with two attached hydrogens (primary N) is 1. The van der Waals surface area contributed by atoms with Crippen molar-refractivity contribution in [3.63, 3.8) is 0 Å². The second kappa shape index (κ2) is 7.28. The van der Waals surface area contributed by atoms with Crippen LogP contribution < -0.4 is 10.1 Å². The summed E-state index contributed by atoms with van der Waals surface area (Å²) in [5.41, 5.74) is 2.59. The third kappa shape index (κ3) is 4.33. The predicted molar refractivity (Wildman–Crippen MR) is 85.1 cm³/mol. The molecule has 1 saturated carbocycles. The molecule has 2 aromatic carbocycles. The predicted octanol–water partition coefficient (Wildman–Crippen LogP) is 3.27. The van der Waals surface area contributed by atoms with Crippen molar-refractivity contribution in [2.45, 2.75) is 44.9 Å². The molecule has 2 N–H and O–H groups in total. The van der Waals surface area contributed by atoms with Crippen LogP contribution in [0.5, 0.6) is 5.75 Å². The fourth-order valence-electron chi connectivity index (χ4n) is 2.96. The molecule has 0 heterocycles. The first-order valence-corrected chi connectivity index (χ1v) is 7.99. The largest absolute Gasteiger partial charge is 0.489 e. The summed E-state index contributed by atoms with van der Waals surface area (Å²) in [6.45, 7) is 1.72. The second-order valence-corrected chi connectivity index (χ2v) is 5.90. The van der Waals surface area contributed by atoms with Gasteiger partial charge < -0.3 is 10.1 Å². The Kier molecular flexibility index (Phi) is 4.90. The van der Waals surface area contributed by atoms with Crippen molar-refractivity contribution in [2.75, 3.05) is 0 Å². The molecule has 3 rings (SSSR count). The van der Waals surface area contributed by atoms with Crippen LogP contribution in [0, 0.1) is 0 Å². The first-order valence-electron chi connectivity index (χ1n) is 7.99. The highest BCUT2D eigenvalue weighted by atomic mass is 16.5. The van der Waals surface area contributed by atoms with E-state index in [0.717, 1.165) is 18.3 Å². The van der Waals surface area contributed by atoms with Gasteiger partial charge >= 0.3 is 0 Å². The van der Waals surface area contributed by atoms with Crippen LogP contribution in [0.2, 0.25) is 0 Å². The SMILES string of the molecule is c1ccc(COc2ccc(C[NH2+]C3CCCC3)cc2)cc1. The lowest BCUT2D eigenvalue weighted by Gasteiger charge is -2.09. The molecule has 0 unspecified atom stereocenters. The molecule has 2 aromatic rings. The molecule has 1 aliphatic rings. The zero-order valence-corrected chi connectivity index (χ0v) is 12.5. The van der Waals surface area contributed by atoms with E-state index in [0.29, 0.717) is 6.61 Å². The molecule has 21 heavy (non-hydrogen) atoms. The van der Waals surface area contributed by atoms with Gasteiger partial charge in [0.05, 0.1) is 6.04 Å². The van der Waals surface area contributed by atoms with Crippen molar-refractivity contribution in [1.82, 2.24) is 0 Å². The van der Waals surface area contributed by atoms with Gasteiger partial charge in [-0.1, -0.05) is 30.3 Å². The Morgan fingerprint density at radius 2 is 1.57 bits per heavy atom. The zero-order valence-electron chi connectivity index (χ0n) is 12.5. The number of hydrogen-bond donors (Lipinski definition) is 1. The van der Waals surface area contributed by atoms with Crippen molar-refractivity contribution in [3.8, 4) is 5.75 Å². The summed E-state index contributed by atoms with van der Waals surface area (Å²) in [5, 5.41) is 2.49. The van der Waals surface area contributed by atoms with Gasteiger partial charge in [0.25, 0.3) is 0 Å². The second-order valence-electron chi connectivity index (χ2n) is 5.90. The Bertz CT molecular complexity index is 529. The van der Waals surface area contributed by atoms with Gasteiger partial charge in [0, 0.05) is 5.56 Å². The molecule has 0 radical (unpaired) electrons. The average Bonchev–Trinajstić information content (AvgIpc) is 3.06. The quantitative estimate of drug-likeness (QED) is 0.864. The Morgan fingerprint density at radius 1 is 0.857 bits per heavy atom. The van der Waals surface area contributed by atoms with Crippen LogP contribution in [-0.4, -0.2) is 6.04 Å². The highest BCUT2D eigenvalue weighted by Gasteiger charge is 2.17. The minimum atomic E-state index is 0.633. The van der Waals surface area contributed by atoms with Crippen molar-refractivity contribution in [3.05, 3.63) is 65.7 Å².